The number of carbonyl (C=O) groups excluding carboxylic acids is 3. The summed E-state index contributed by atoms with van der Waals surface area (Å²) in [5.41, 5.74) is 1.25. The van der Waals surface area contributed by atoms with Gasteiger partial charge in [-0.3, -0.25) is 14.4 Å². The van der Waals surface area contributed by atoms with E-state index in [0.29, 0.717) is 41.2 Å². The molecular formula is C25H29N3O7. The Morgan fingerprint density at radius 1 is 1.03 bits per heavy atom. The Labute approximate surface area is 203 Å². The lowest BCUT2D eigenvalue weighted by Crippen LogP contribution is -2.49. The Morgan fingerprint density at radius 2 is 1.77 bits per heavy atom. The first-order valence-corrected chi connectivity index (χ1v) is 11.4. The van der Waals surface area contributed by atoms with Crippen LogP contribution in [0, 0.1) is 0 Å². The van der Waals surface area contributed by atoms with Gasteiger partial charge in [-0.05, 0) is 43.2 Å². The number of hydrogen-bond donors (Lipinski definition) is 4. The van der Waals surface area contributed by atoms with Gasteiger partial charge in [-0.2, -0.15) is 0 Å². The van der Waals surface area contributed by atoms with Gasteiger partial charge in [0.25, 0.3) is 0 Å². The molecule has 0 spiro atoms. The molecule has 4 N–H and O–H groups in total. The fourth-order valence-electron chi connectivity index (χ4n) is 3.71. The molecule has 0 radical (unpaired) electrons. The van der Waals surface area contributed by atoms with Crippen molar-refractivity contribution >= 4 is 29.4 Å². The molecule has 2 aromatic rings. The summed E-state index contributed by atoms with van der Waals surface area (Å²) in [5.74, 6) is -0.773. The molecule has 0 saturated heterocycles. The smallest absolute Gasteiger partial charge is 0.315 e. The molecule has 2 aromatic carbocycles. The van der Waals surface area contributed by atoms with E-state index >= 15 is 0 Å². The van der Waals surface area contributed by atoms with Gasteiger partial charge in [0.1, 0.15) is 6.04 Å². The predicted octanol–water partition coefficient (Wildman–Crippen LogP) is 3.63. The molecule has 0 saturated carbocycles. The number of fused-ring (bicyclic) bond motifs is 1. The van der Waals surface area contributed by atoms with Crippen molar-refractivity contribution in [2.24, 2.45) is 0 Å². The zero-order valence-corrected chi connectivity index (χ0v) is 19.6. The SMILES string of the molecule is CCCC[C@H](NC(=O)N[C@@H](CC(=O)O)c1ccc2c(c1)OCO2)C(=O)Nc1ccccc1C(C)=O. The second-order valence-corrected chi connectivity index (χ2v) is 8.17. The first-order chi connectivity index (χ1) is 16.8. The summed E-state index contributed by atoms with van der Waals surface area (Å²) >= 11 is 0. The molecule has 0 aliphatic carbocycles. The molecule has 0 aromatic heterocycles. The van der Waals surface area contributed by atoms with Gasteiger partial charge in [0.15, 0.2) is 17.3 Å². The van der Waals surface area contributed by atoms with E-state index < -0.39 is 30.0 Å². The number of carbonyl (C=O) groups is 4. The molecule has 3 rings (SSSR count). The number of para-hydroxylation sites is 1. The Kier molecular flexibility index (Phi) is 8.66. The first kappa shape index (κ1) is 25.5. The van der Waals surface area contributed by atoms with Crippen LogP contribution < -0.4 is 25.4 Å². The number of hydrogen-bond acceptors (Lipinski definition) is 6. The van der Waals surface area contributed by atoms with Crippen molar-refractivity contribution in [1.29, 1.82) is 0 Å². The van der Waals surface area contributed by atoms with Gasteiger partial charge in [0.05, 0.1) is 18.2 Å². The summed E-state index contributed by atoms with van der Waals surface area (Å²) in [6.07, 6.45) is 1.47. The second kappa shape index (κ2) is 11.9. The van der Waals surface area contributed by atoms with Gasteiger partial charge < -0.3 is 30.5 Å². The number of ketones is 1. The molecular weight excluding hydrogens is 454 g/mol. The van der Waals surface area contributed by atoms with E-state index in [1.54, 1.807) is 42.5 Å². The van der Waals surface area contributed by atoms with E-state index in [0.717, 1.165) is 6.42 Å². The quantitative estimate of drug-likeness (QED) is 0.357. The summed E-state index contributed by atoms with van der Waals surface area (Å²) in [5, 5.41) is 17.4. The van der Waals surface area contributed by atoms with Crippen molar-refractivity contribution in [2.45, 2.75) is 51.6 Å². The van der Waals surface area contributed by atoms with Crippen LogP contribution >= 0.6 is 0 Å². The summed E-state index contributed by atoms with van der Waals surface area (Å²) in [4.78, 5) is 49.2. The van der Waals surface area contributed by atoms with Gasteiger partial charge in [-0.1, -0.05) is 38.0 Å². The first-order valence-electron chi connectivity index (χ1n) is 11.4. The van der Waals surface area contributed by atoms with Gasteiger partial charge >= 0.3 is 12.0 Å². The zero-order chi connectivity index (χ0) is 25.4. The number of anilines is 1. The van der Waals surface area contributed by atoms with Gasteiger partial charge in [-0.25, -0.2) is 4.79 Å². The summed E-state index contributed by atoms with van der Waals surface area (Å²) in [7, 11) is 0. The van der Waals surface area contributed by atoms with Crippen LogP contribution in [0.25, 0.3) is 0 Å². The minimum absolute atomic E-state index is 0.0667. The summed E-state index contributed by atoms with van der Waals surface area (Å²) < 4.78 is 10.6. The lowest BCUT2D eigenvalue weighted by atomic mass is 10.0. The molecule has 35 heavy (non-hydrogen) atoms. The molecule has 1 heterocycles. The van der Waals surface area contributed by atoms with Crippen LogP contribution in [-0.4, -0.2) is 41.6 Å². The highest BCUT2D eigenvalue weighted by Crippen LogP contribution is 2.34. The Morgan fingerprint density at radius 3 is 2.49 bits per heavy atom. The molecule has 186 valence electrons. The van der Waals surface area contributed by atoms with Crippen LogP contribution in [-0.2, 0) is 9.59 Å². The maximum Gasteiger partial charge on any atom is 0.315 e. The molecule has 0 fully saturated rings. The minimum Gasteiger partial charge on any atom is -0.481 e. The van der Waals surface area contributed by atoms with Gasteiger partial charge in [0, 0.05) is 5.56 Å². The van der Waals surface area contributed by atoms with Crippen LogP contribution in [0.1, 0.15) is 61.5 Å². The molecule has 1 aliphatic rings. The third-order valence-corrected chi connectivity index (χ3v) is 5.52. The number of rotatable bonds is 11. The number of ether oxygens (including phenoxy) is 2. The van der Waals surface area contributed by atoms with Gasteiger partial charge in [-0.15, -0.1) is 0 Å². The predicted molar refractivity (Wildman–Crippen MR) is 128 cm³/mol. The van der Waals surface area contributed by atoms with Crippen molar-refractivity contribution < 1.29 is 33.8 Å². The normalized spacial score (nSPS) is 13.4. The number of Topliss-reactive ketones (excluding diaryl/α,β-unsaturated/α-hetero) is 1. The number of amides is 3. The molecule has 1 aliphatic heterocycles. The van der Waals surface area contributed by atoms with Gasteiger partial charge in [0.2, 0.25) is 12.7 Å². The standard InChI is InChI=1S/C25H29N3O7/c1-3-4-8-19(24(32)26-18-9-6-5-7-17(18)15(2)29)27-25(33)28-20(13-23(30)31)16-10-11-21-22(12-16)35-14-34-21/h5-7,9-12,19-20H,3-4,8,13-14H2,1-2H3,(H,26,32)(H,30,31)(H2,27,28,33)/t19-,20-/m0/s1. The third kappa shape index (κ3) is 6.95. The number of nitrogens with one attached hydrogen (secondary N) is 3. The summed E-state index contributed by atoms with van der Waals surface area (Å²) in [6, 6.07) is 9.11. The topological polar surface area (TPSA) is 143 Å². The third-order valence-electron chi connectivity index (χ3n) is 5.52. The minimum atomic E-state index is -1.10. The van der Waals surface area contributed by atoms with Crippen LogP contribution in [0.4, 0.5) is 10.5 Å². The average molecular weight is 484 g/mol. The van der Waals surface area contributed by atoms with Crippen LogP contribution in [0.3, 0.4) is 0 Å². The average Bonchev–Trinajstić information content (AvgIpc) is 3.29. The van der Waals surface area contributed by atoms with Crippen LogP contribution in [0.5, 0.6) is 11.5 Å². The molecule has 10 nitrogen and oxygen atoms in total. The van der Waals surface area contributed by atoms with Crippen LogP contribution in [0.15, 0.2) is 42.5 Å². The number of urea groups is 1. The van der Waals surface area contributed by atoms with E-state index in [4.69, 9.17) is 9.47 Å². The zero-order valence-electron chi connectivity index (χ0n) is 19.6. The fraction of sp³-hybridized carbons (Fsp3) is 0.360. The monoisotopic (exact) mass is 483 g/mol. The number of carboxylic acid groups (broad SMARTS) is 1. The lowest BCUT2D eigenvalue weighted by Gasteiger charge is -2.22. The van der Waals surface area contributed by atoms with Crippen molar-refractivity contribution in [2.75, 3.05) is 12.1 Å². The van der Waals surface area contributed by atoms with E-state index in [2.05, 4.69) is 16.0 Å². The number of benzene rings is 2. The van der Waals surface area contributed by atoms with E-state index in [1.165, 1.54) is 6.92 Å². The van der Waals surface area contributed by atoms with E-state index in [1.807, 2.05) is 6.92 Å². The van der Waals surface area contributed by atoms with Crippen molar-refractivity contribution in [1.82, 2.24) is 10.6 Å². The Hall–Kier alpha value is -4.08. The van der Waals surface area contributed by atoms with Crippen molar-refractivity contribution in [3.05, 3.63) is 53.6 Å². The highest BCUT2D eigenvalue weighted by Gasteiger charge is 2.25. The Balaban J connectivity index is 1.73. The molecule has 3 amide bonds. The van der Waals surface area contributed by atoms with E-state index in [9.17, 15) is 24.3 Å². The highest BCUT2D eigenvalue weighted by molar-refractivity contribution is 6.05. The number of carboxylic acids is 1. The lowest BCUT2D eigenvalue weighted by molar-refractivity contribution is -0.137. The van der Waals surface area contributed by atoms with E-state index in [-0.39, 0.29) is 19.0 Å². The molecule has 0 unspecified atom stereocenters. The fourth-order valence-corrected chi connectivity index (χ4v) is 3.71. The van der Waals surface area contributed by atoms with Crippen LogP contribution in [0.2, 0.25) is 0 Å². The largest absolute Gasteiger partial charge is 0.481 e. The number of unbranched alkanes of at least 4 members (excludes halogenated alkanes) is 1. The molecule has 2 atom stereocenters. The maximum atomic E-state index is 13.0. The molecule has 10 heteroatoms. The van der Waals surface area contributed by atoms with Crippen molar-refractivity contribution in [3.63, 3.8) is 0 Å². The summed E-state index contributed by atoms with van der Waals surface area (Å²) in [6.45, 7) is 3.43. The second-order valence-electron chi connectivity index (χ2n) is 8.17. The maximum absolute atomic E-state index is 13.0. The molecule has 0 bridgehead atoms. The van der Waals surface area contributed by atoms with Crippen molar-refractivity contribution in [3.8, 4) is 11.5 Å². The Bertz CT molecular complexity index is 1100. The number of aliphatic carboxylic acids is 1. The highest BCUT2D eigenvalue weighted by atomic mass is 16.7.